The van der Waals surface area contributed by atoms with Gasteiger partial charge < -0.3 is 9.80 Å². The summed E-state index contributed by atoms with van der Waals surface area (Å²) in [7, 11) is 0. The molecule has 0 unspecified atom stereocenters. The van der Waals surface area contributed by atoms with Gasteiger partial charge in [0.15, 0.2) is 0 Å². The van der Waals surface area contributed by atoms with Gasteiger partial charge in [0.25, 0.3) is 5.91 Å². The zero-order valence-corrected chi connectivity index (χ0v) is 14.2. The highest BCUT2D eigenvalue weighted by Crippen LogP contribution is 2.22. The number of aromatic nitrogens is 4. The molecular weight excluding hydrogens is 316 g/mol. The molecule has 3 heterocycles. The summed E-state index contributed by atoms with van der Waals surface area (Å²) in [5.41, 5.74) is 3.55. The molecule has 4 rings (SSSR count). The second kappa shape index (κ2) is 6.51. The molecule has 1 aliphatic heterocycles. The molecule has 0 saturated carbocycles. The van der Waals surface area contributed by atoms with Crippen molar-refractivity contribution in [1.29, 1.82) is 0 Å². The molecule has 1 aliphatic rings. The summed E-state index contributed by atoms with van der Waals surface area (Å²) in [6.07, 6.45) is 2.49. The molecule has 0 atom stereocenters. The summed E-state index contributed by atoms with van der Waals surface area (Å²) in [6, 6.07) is 11.5. The number of rotatable bonds is 3. The third kappa shape index (κ3) is 2.93. The minimum atomic E-state index is 0.0943. The van der Waals surface area contributed by atoms with Crippen LogP contribution in [-0.2, 0) is 6.42 Å². The number of anilines is 1. The topological polar surface area (TPSA) is 66.6 Å². The first-order valence-electron chi connectivity index (χ1n) is 8.55. The van der Waals surface area contributed by atoms with Gasteiger partial charge in [-0.1, -0.05) is 25.1 Å². The van der Waals surface area contributed by atoms with Gasteiger partial charge in [-0.05, 0) is 24.6 Å². The zero-order chi connectivity index (χ0) is 17.2. The fraction of sp³-hybridized carbons (Fsp3) is 0.333. The summed E-state index contributed by atoms with van der Waals surface area (Å²) in [5.74, 6) is 0.0943. The van der Waals surface area contributed by atoms with Crippen molar-refractivity contribution < 1.29 is 4.79 Å². The van der Waals surface area contributed by atoms with Crippen LogP contribution in [0.25, 0.3) is 5.65 Å². The van der Waals surface area contributed by atoms with Crippen LogP contribution in [0.15, 0.2) is 42.7 Å². The Kier molecular flexibility index (Phi) is 4.05. The fourth-order valence-corrected chi connectivity index (χ4v) is 3.18. The second-order valence-corrected chi connectivity index (χ2v) is 6.12. The molecule has 0 N–H and O–H groups in total. The zero-order valence-electron chi connectivity index (χ0n) is 14.2. The lowest BCUT2D eigenvalue weighted by atomic mass is 10.1. The van der Waals surface area contributed by atoms with Crippen LogP contribution in [0.4, 0.5) is 5.69 Å². The largest absolute Gasteiger partial charge is 0.365 e. The summed E-state index contributed by atoms with van der Waals surface area (Å²) in [6.45, 7) is 5.01. The predicted octanol–water partition coefficient (Wildman–Crippen LogP) is 1.65. The number of hydrogen-bond donors (Lipinski definition) is 0. The maximum atomic E-state index is 12.6. The lowest BCUT2D eigenvalue weighted by Gasteiger charge is -2.36. The Hall–Kier alpha value is -2.96. The Morgan fingerprint density at radius 2 is 1.88 bits per heavy atom. The van der Waals surface area contributed by atoms with Crippen LogP contribution >= 0.6 is 0 Å². The molecule has 1 saturated heterocycles. The van der Waals surface area contributed by atoms with Gasteiger partial charge in [-0.15, -0.1) is 10.2 Å². The van der Waals surface area contributed by atoms with E-state index < -0.39 is 0 Å². The maximum absolute atomic E-state index is 12.6. The van der Waals surface area contributed by atoms with Gasteiger partial charge in [-0.25, -0.2) is 0 Å². The third-order valence-corrected chi connectivity index (χ3v) is 4.59. The SMILES string of the molecule is CCc1cc(N2CCN(C(=O)c3ccccc3)CC2)c2nncn2n1. The van der Waals surface area contributed by atoms with Crippen LogP contribution in [0.3, 0.4) is 0 Å². The summed E-state index contributed by atoms with van der Waals surface area (Å²) in [4.78, 5) is 16.8. The minimum Gasteiger partial charge on any atom is -0.365 e. The summed E-state index contributed by atoms with van der Waals surface area (Å²) in [5, 5.41) is 12.7. The fourth-order valence-electron chi connectivity index (χ4n) is 3.18. The number of piperazine rings is 1. The van der Waals surface area contributed by atoms with Gasteiger partial charge in [0, 0.05) is 31.7 Å². The van der Waals surface area contributed by atoms with Crippen LogP contribution in [0.1, 0.15) is 23.0 Å². The average molecular weight is 336 g/mol. The third-order valence-electron chi connectivity index (χ3n) is 4.59. The van der Waals surface area contributed by atoms with Crippen molar-refractivity contribution in [3.63, 3.8) is 0 Å². The molecule has 0 aliphatic carbocycles. The smallest absolute Gasteiger partial charge is 0.253 e. The molecule has 7 heteroatoms. The second-order valence-electron chi connectivity index (χ2n) is 6.12. The monoisotopic (exact) mass is 336 g/mol. The molecule has 1 fully saturated rings. The molecule has 2 aromatic heterocycles. The number of fused-ring (bicyclic) bond motifs is 1. The van der Waals surface area contributed by atoms with Crippen LogP contribution in [0.5, 0.6) is 0 Å². The first-order valence-corrected chi connectivity index (χ1v) is 8.55. The molecule has 1 amide bonds. The Morgan fingerprint density at radius 1 is 1.12 bits per heavy atom. The lowest BCUT2D eigenvalue weighted by Crippen LogP contribution is -2.49. The Bertz CT molecular complexity index is 883. The Balaban J connectivity index is 1.52. The van der Waals surface area contributed by atoms with E-state index in [0.717, 1.165) is 42.1 Å². The molecule has 7 nitrogen and oxygen atoms in total. The van der Waals surface area contributed by atoms with Crippen molar-refractivity contribution in [1.82, 2.24) is 24.7 Å². The van der Waals surface area contributed by atoms with Crippen LogP contribution in [0, 0.1) is 0 Å². The van der Waals surface area contributed by atoms with Crippen LogP contribution in [0.2, 0.25) is 0 Å². The van der Waals surface area contributed by atoms with Crippen molar-refractivity contribution in [2.45, 2.75) is 13.3 Å². The van der Waals surface area contributed by atoms with Gasteiger partial charge in [0.05, 0.1) is 11.4 Å². The summed E-state index contributed by atoms with van der Waals surface area (Å²) < 4.78 is 1.73. The maximum Gasteiger partial charge on any atom is 0.253 e. The number of amides is 1. The van der Waals surface area contributed by atoms with Gasteiger partial charge in [-0.3, -0.25) is 4.79 Å². The molecule has 25 heavy (non-hydrogen) atoms. The Morgan fingerprint density at radius 3 is 2.60 bits per heavy atom. The van der Waals surface area contributed by atoms with Crippen LogP contribution in [-0.4, -0.2) is 56.8 Å². The predicted molar refractivity (Wildman–Crippen MR) is 94.7 cm³/mol. The van der Waals surface area contributed by atoms with E-state index >= 15 is 0 Å². The van der Waals surface area contributed by atoms with Crippen LogP contribution < -0.4 is 4.90 Å². The number of benzene rings is 1. The van der Waals surface area contributed by atoms with Crippen molar-refractivity contribution in [3.05, 3.63) is 54.0 Å². The van der Waals surface area contributed by atoms with E-state index in [0.29, 0.717) is 13.1 Å². The number of aryl methyl sites for hydroxylation is 1. The molecule has 1 aromatic carbocycles. The lowest BCUT2D eigenvalue weighted by molar-refractivity contribution is 0.0747. The highest BCUT2D eigenvalue weighted by atomic mass is 16.2. The first kappa shape index (κ1) is 15.6. The average Bonchev–Trinajstić information content (AvgIpc) is 3.16. The highest BCUT2D eigenvalue weighted by Gasteiger charge is 2.24. The van der Waals surface area contributed by atoms with Gasteiger partial charge in [-0.2, -0.15) is 9.61 Å². The quantitative estimate of drug-likeness (QED) is 0.727. The molecular formula is C18H20N6O. The molecule has 0 spiro atoms. The minimum absolute atomic E-state index is 0.0943. The number of nitrogens with zero attached hydrogens (tertiary/aromatic N) is 6. The van der Waals surface area contributed by atoms with Gasteiger partial charge >= 0.3 is 0 Å². The van der Waals surface area contributed by atoms with E-state index in [4.69, 9.17) is 0 Å². The van der Waals surface area contributed by atoms with Crippen molar-refractivity contribution in [2.75, 3.05) is 31.1 Å². The highest BCUT2D eigenvalue weighted by molar-refractivity contribution is 5.94. The van der Waals surface area contributed by atoms with Gasteiger partial charge in [0.1, 0.15) is 6.33 Å². The summed E-state index contributed by atoms with van der Waals surface area (Å²) >= 11 is 0. The normalized spacial score (nSPS) is 14.9. The van der Waals surface area contributed by atoms with E-state index in [9.17, 15) is 4.79 Å². The standard InChI is InChI=1S/C18H20N6O/c1-2-15-12-16(17-20-19-13-24(17)21-15)22-8-10-23(11-9-22)18(25)14-6-4-3-5-7-14/h3-7,12-13H,2,8-11H2,1H3. The Labute approximate surface area is 145 Å². The molecule has 3 aromatic rings. The first-order chi connectivity index (χ1) is 12.3. The molecule has 128 valence electrons. The van der Waals surface area contributed by atoms with Crippen molar-refractivity contribution in [3.8, 4) is 0 Å². The van der Waals surface area contributed by atoms with E-state index in [2.05, 4.69) is 33.2 Å². The van der Waals surface area contributed by atoms with E-state index in [-0.39, 0.29) is 5.91 Å². The molecule has 0 radical (unpaired) electrons. The van der Waals surface area contributed by atoms with Crippen molar-refractivity contribution in [2.24, 2.45) is 0 Å². The molecule has 0 bridgehead atoms. The van der Waals surface area contributed by atoms with Gasteiger partial charge in [0.2, 0.25) is 5.65 Å². The van der Waals surface area contributed by atoms with E-state index in [1.807, 2.05) is 35.2 Å². The van der Waals surface area contributed by atoms with E-state index in [1.165, 1.54) is 0 Å². The number of hydrogen-bond acceptors (Lipinski definition) is 5. The number of carbonyl (C=O) groups excluding carboxylic acids is 1. The number of carbonyl (C=O) groups is 1. The van der Waals surface area contributed by atoms with E-state index in [1.54, 1.807) is 10.8 Å². The van der Waals surface area contributed by atoms with Crippen molar-refractivity contribution >= 4 is 17.2 Å².